The van der Waals surface area contributed by atoms with Crippen molar-refractivity contribution in [2.24, 2.45) is 0 Å². The zero-order chi connectivity index (χ0) is 25.7. The van der Waals surface area contributed by atoms with E-state index in [1.165, 1.54) is 16.0 Å². The highest BCUT2D eigenvalue weighted by atomic mass is 32.1. The molecular formula is C28H32N2O5S. The number of aliphatic carboxylic acids is 1. The minimum atomic E-state index is -0.953. The van der Waals surface area contributed by atoms with E-state index in [0.717, 1.165) is 28.2 Å². The van der Waals surface area contributed by atoms with Crippen molar-refractivity contribution in [1.29, 1.82) is 0 Å². The third kappa shape index (κ3) is 6.32. The molecule has 2 unspecified atom stereocenters. The highest BCUT2D eigenvalue weighted by molar-refractivity contribution is 7.15. The Morgan fingerprint density at radius 2 is 1.92 bits per heavy atom. The van der Waals surface area contributed by atoms with Crippen LogP contribution in [-0.2, 0) is 27.4 Å². The molecule has 1 amide bonds. The number of carbonyl (C=O) groups excluding carboxylic acids is 1. The van der Waals surface area contributed by atoms with Gasteiger partial charge in [0.25, 0.3) is 0 Å². The van der Waals surface area contributed by atoms with Crippen LogP contribution in [-0.4, -0.2) is 41.8 Å². The van der Waals surface area contributed by atoms with Crippen LogP contribution in [0.4, 0.5) is 0 Å². The molecule has 1 saturated heterocycles. The van der Waals surface area contributed by atoms with Crippen LogP contribution < -0.4 is 10.2 Å². The second kappa shape index (κ2) is 11.7. The number of hydrogen-bond acceptors (Lipinski definition) is 6. The first-order valence-electron chi connectivity index (χ1n) is 12.1. The van der Waals surface area contributed by atoms with Crippen molar-refractivity contribution in [3.05, 3.63) is 76.2 Å². The first-order valence-corrected chi connectivity index (χ1v) is 12.9. The predicted molar refractivity (Wildman–Crippen MR) is 140 cm³/mol. The fourth-order valence-electron chi connectivity index (χ4n) is 4.24. The number of carbonyl (C=O) groups is 2. The Kier molecular flexibility index (Phi) is 8.40. The zero-order valence-corrected chi connectivity index (χ0v) is 21.6. The number of carboxylic acids is 1. The molecule has 0 saturated carbocycles. The number of aryl methyl sites for hydroxylation is 1. The van der Waals surface area contributed by atoms with Gasteiger partial charge in [-0.05, 0) is 60.7 Å². The Morgan fingerprint density at radius 1 is 1.19 bits per heavy atom. The summed E-state index contributed by atoms with van der Waals surface area (Å²) in [6.07, 6.45) is 0.840. The highest BCUT2D eigenvalue weighted by Crippen LogP contribution is 2.33. The SMILES string of the molecule is CCOC(Cc1ccc(OCc2sc(-c3ccc(C4CCC(=O)N(C)N4)cc3)cc2C)cc1)C(=O)O. The molecule has 8 heteroatoms. The van der Waals surface area contributed by atoms with Gasteiger partial charge in [0.15, 0.2) is 6.10 Å². The maximum atomic E-state index is 11.7. The van der Waals surface area contributed by atoms with E-state index in [9.17, 15) is 14.7 Å². The summed E-state index contributed by atoms with van der Waals surface area (Å²) >= 11 is 1.72. The van der Waals surface area contributed by atoms with Gasteiger partial charge in [0.05, 0.1) is 6.04 Å². The number of amides is 1. The normalized spacial score (nSPS) is 16.7. The Morgan fingerprint density at radius 3 is 2.56 bits per heavy atom. The van der Waals surface area contributed by atoms with Crippen LogP contribution in [0.2, 0.25) is 0 Å². The van der Waals surface area contributed by atoms with Gasteiger partial charge < -0.3 is 14.6 Å². The van der Waals surface area contributed by atoms with Crippen molar-refractivity contribution >= 4 is 23.2 Å². The molecule has 36 heavy (non-hydrogen) atoms. The molecule has 0 bridgehead atoms. The summed E-state index contributed by atoms with van der Waals surface area (Å²) in [6.45, 7) is 4.71. The molecule has 2 atom stereocenters. The van der Waals surface area contributed by atoms with Crippen LogP contribution in [0, 0.1) is 6.92 Å². The Balaban J connectivity index is 1.35. The molecule has 0 spiro atoms. The number of nitrogens with zero attached hydrogens (tertiary/aromatic N) is 1. The molecule has 0 aliphatic carbocycles. The maximum Gasteiger partial charge on any atom is 0.333 e. The van der Waals surface area contributed by atoms with Gasteiger partial charge in [-0.3, -0.25) is 9.80 Å². The number of benzene rings is 2. The van der Waals surface area contributed by atoms with Crippen molar-refractivity contribution in [3.63, 3.8) is 0 Å². The summed E-state index contributed by atoms with van der Waals surface area (Å²) < 4.78 is 11.3. The Hall–Kier alpha value is -3.20. The molecule has 1 aliphatic heterocycles. The van der Waals surface area contributed by atoms with Crippen molar-refractivity contribution in [2.45, 2.75) is 51.9 Å². The Labute approximate surface area is 215 Å². The molecule has 2 N–H and O–H groups in total. The fraction of sp³-hybridized carbons (Fsp3) is 0.357. The third-order valence-electron chi connectivity index (χ3n) is 6.35. The van der Waals surface area contributed by atoms with E-state index in [1.54, 1.807) is 30.3 Å². The largest absolute Gasteiger partial charge is 0.488 e. The molecular weight excluding hydrogens is 476 g/mol. The molecule has 0 radical (unpaired) electrons. The topological polar surface area (TPSA) is 88.1 Å². The number of hydrazine groups is 1. The van der Waals surface area contributed by atoms with Crippen molar-refractivity contribution in [3.8, 4) is 16.2 Å². The highest BCUT2D eigenvalue weighted by Gasteiger charge is 2.23. The van der Waals surface area contributed by atoms with Crippen LogP contribution >= 0.6 is 11.3 Å². The standard InChI is InChI=1S/C28H32N2O5S/c1-4-34-24(28(32)33)16-19-5-11-22(12-6-19)35-17-26-18(2)15-25(36-26)21-9-7-20(8-10-21)23-13-14-27(31)30(3)29-23/h5-12,15,23-24,29H,4,13-14,16-17H2,1-3H3,(H,32,33). The zero-order valence-electron chi connectivity index (χ0n) is 20.8. The summed E-state index contributed by atoms with van der Waals surface area (Å²) in [5.41, 5.74) is 7.66. The molecule has 3 aromatic rings. The molecule has 1 fully saturated rings. The molecule has 190 valence electrons. The molecule has 4 rings (SSSR count). The van der Waals surface area contributed by atoms with Crippen LogP contribution in [0.25, 0.3) is 10.4 Å². The smallest absolute Gasteiger partial charge is 0.333 e. The van der Waals surface area contributed by atoms with E-state index >= 15 is 0 Å². The van der Waals surface area contributed by atoms with E-state index < -0.39 is 12.1 Å². The molecule has 1 aliphatic rings. The van der Waals surface area contributed by atoms with Gasteiger partial charge in [0.1, 0.15) is 12.4 Å². The summed E-state index contributed by atoms with van der Waals surface area (Å²) in [5, 5.41) is 10.8. The quantitative estimate of drug-likeness (QED) is 0.395. The number of rotatable bonds is 10. The predicted octanol–water partition coefficient (Wildman–Crippen LogP) is 5.13. The van der Waals surface area contributed by atoms with E-state index in [2.05, 4.69) is 42.7 Å². The lowest BCUT2D eigenvalue weighted by Gasteiger charge is -2.31. The minimum absolute atomic E-state index is 0.121. The van der Waals surface area contributed by atoms with Crippen LogP contribution in [0.15, 0.2) is 54.6 Å². The van der Waals surface area contributed by atoms with Crippen LogP contribution in [0.3, 0.4) is 0 Å². The molecule has 2 heterocycles. The van der Waals surface area contributed by atoms with E-state index in [-0.39, 0.29) is 11.9 Å². The number of carboxylic acid groups (broad SMARTS) is 1. The second-order valence-electron chi connectivity index (χ2n) is 8.93. The first-order chi connectivity index (χ1) is 17.3. The first kappa shape index (κ1) is 25.9. The van der Waals surface area contributed by atoms with E-state index in [1.807, 2.05) is 24.3 Å². The minimum Gasteiger partial charge on any atom is -0.488 e. The van der Waals surface area contributed by atoms with E-state index in [4.69, 9.17) is 9.47 Å². The maximum absolute atomic E-state index is 11.7. The number of hydrogen-bond donors (Lipinski definition) is 2. The van der Waals surface area contributed by atoms with Crippen LogP contribution in [0.1, 0.15) is 47.4 Å². The Bertz CT molecular complexity index is 1190. The lowest BCUT2D eigenvalue weighted by atomic mass is 9.99. The molecule has 2 aromatic carbocycles. The number of thiophene rings is 1. The summed E-state index contributed by atoms with van der Waals surface area (Å²) in [7, 11) is 1.77. The summed E-state index contributed by atoms with van der Waals surface area (Å²) in [4.78, 5) is 25.4. The van der Waals surface area contributed by atoms with Crippen LogP contribution in [0.5, 0.6) is 5.75 Å². The third-order valence-corrected chi connectivity index (χ3v) is 7.61. The average molecular weight is 509 g/mol. The monoisotopic (exact) mass is 508 g/mol. The van der Waals surface area contributed by atoms with Gasteiger partial charge in [0, 0.05) is 36.3 Å². The lowest BCUT2D eigenvalue weighted by Crippen LogP contribution is -2.45. The van der Waals surface area contributed by atoms with Crippen molar-refractivity contribution in [2.75, 3.05) is 13.7 Å². The van der Waals surface area contributed by atoms with Gasteiger partial charge in [0.2, 0.25) is 5.91 Å². The van der Waals surface area contributed by atoms with Crippen molar-refractivity contribution < 1.29 is 24.2 Å². The summed E-state index contributed by atoms with van der Waals surface area (Å²) in [5.74, 6) is -0.0919. The van der Waals surface area contributed by atoms with Gasteiger partial charge in [-0.15, -0.1) is 11.3 Å². The van der Waals surface area contributed by atoms with Gasteiger partial charge in [-0.25, -0.2) is 10.2 Å². The average Bonchev–Trinajstić information content (AvgIpc) is 3.25. The molecule has 7 nitrogen and oxygen atoms in total. The summed E-state index contributed by atoms with van der Waals surface area (Å²) in [6, 6.07) is 18.4. The van der Waals surface area contributed by atoms with Crippen molar-refractivity contribution in [1.82, 2.24) is 10.4 Å². The second-order valence-corrected chi connectivity index (χ2v) is 10.1. The number of nitrogens with one attached hydrogen (secondary N) is 1. The number of ether oxygens (including phenoxy) is 2. The van der Waals surface area contributed by atoms with E-state index in [0.29, 0.717) is 26.1 Å². The van der Waals surface area contributed by atoms with Gasteiger partial charge >= 0.3 is 5.97 Å². The fourth-order valence-corrected chi connectivity index (χ4v) is 5.33. The van der Waals surface area contributed by atoms with Gasteiger partial charge in [-0.1, -0.05) is 36.4 Å². The van der Waals surface area contributed by atoms with Gasteiger partial charge in [-0.2, -0.15) is 0 Å². The lowest BCUT2D eigenvalue weighted by molar-refractivity contribution is -0.150. The molecule has 1 aromatic heterocycles.